The van der Waals surface area contributed by atoms with Gasteiger partial charge in [0.05, 0.1) is 0 Å². The molecule has 3 nitrogen and oxygen atoms in total. The van der Waals surface area contributed by atoms with Crippen LogP contribution in [0.25, 0.3) is 0 Å². The summed E-state index contributed by atoms with van der Waals surface area (Å²) < 4.78 is 58.8. The van der Waals surface area contributed by atoms with Gasteiger partial charge in [0.1, 0.15) is 6.26 Å². The van der Waals surface area contributed by atoms with E-state index < -0.39 is 15.6 Å². The van der Waals surface area contributed by atoms with Crippen molar-refractivity contribution in [2.75, 3.05) is 0 Å². The van der Waals surface area contributed by atoms with Gasteiger partial charge in [0.15, 0.2) is 0 Å². The molecule has 0 amide bonds. The van der Waals surface area contributed by atoms with Gasteiger partial charge in [0.2, 0.25) is 0 Å². The van der Waals surface area contributed by atoms with Gasteiger partial charge in [0, 0.05) is 0 Å². The van der Waals surface area contributed by atoms with E-state index in [1.54, 1.807) is 6.92 Å². The highest BCUT2D eigenvalue weighted by molar-refractivity contribution is 7.87. The zero-order valence-electron chi connectivity index (χ0n) is 6.84. The largest absolute Gasteiger partial charge is 0.534 e. The molecular weight excluding hydrogens is 209 g/mol. The molecule has 0 fully saturated rings. The highest BCUT2D eigenvalue weighted by Gasteiger charge is 2.47. The maximum atomic E-state index is 11.6. The summed E-state index contributed by atoms with van der Waals surface area (Å²) in [5.74, 6) is 0. The number of alkyl halides is 3. The lowest BCUT2D eigenvalue weighted by molar-refractivity contribution is -0.0515. The first-order valence-corrected chi connectivity index (χ1v) is 4.86. The Morgan fingerprint density at radius 3 is 2.31 bits per heavy atom. The number of unbranched alkanes of at least 4 members (excludes halogenated alkanes) is 1. The standard InChI is InChI=1S/C6H9F3O3S/c1-2-3-4-5-12-13(10,11)6(7,8)9/h4-5H,2-3H2,1H3. The molecule has 0 saturated heterocycles. The minimum absolute atomic E-state index is 0.466. The van der Waals surface area contributed by atoms with E-state index in [0.29, 0.717) is 19.1 Å². The Morgan fingerprint density at radius 2 is 1.92 bits per heavy atom. The fourth-order valence-electron chi connectivity index (χ4n) is 0.402. The van der Waals surface area contributed by atoms with Crippen molar-refractivity contribution in [2.45, 2.75) is 25.3 Å². The van der Waals surface area contributed by atoms with Crippen LogP contribution in [-0.2, 0) is 14.3 Å². The van der Waals surface area contributed by atoms with E-state index in [1.165, 1.54) is 6.08 Å². The third-order valence-electron chi connectivity index (χ3n) is 1.02. The highest BCUT2D eigenvalue weighted by atomic mass is 32.2. The molecule has 0 aromatic carbocycles. The van der Waals surface area contributed by atoms with Crippen LogP contribution in [0.3, 0.4) is 0 Å². The van der Waals surface area contributed by atoms with E-state index in [9.17, 15) is 21.6 Å². The van der Waals surface area contributed by atoms with Crippen molar-refractivity contribution in [1.82, 2.24) is 0 Å². The molecule has 0 aliphatic heterocycles. The van der Waals surface area contributed by atoms with Gasteiger partial charge in [-0.15, -0.1) is 0 Å². The fraction of sp³-hybridized carbons (Fsp3) is 0.667. The van der Waals surface area contributed by atoms with E-state index in [0.717, 1.165) is 0 Å². The molecule has 0 bridgehead atoms. The van der Waals surface area contributed by atoms with Crippen LogP contribution in [0.2, 0.25) is 0 Å². The van der Waals surface area contributed by atoms with E-state index in [4.69, 9.17) is 0 Å². The number of hydrogen-bond acceptors (Lipinski definition) is 3. The second kappa shape index (κ2) is 4.50. The van der Waals surface area contributed by atoms with Gasteiger partial charge in [-0.2, -0.15) is 21.6 Å². The highest BCUT2D eigenvalue weighted by Crippen LogP contribution is 2.24. The number of rotatable bonds is 4. The average Bonchev–Trinajstić information content (AvgIpc) is 1.96. The lowest BCUT2D eigenvalue weighted by Gasteiger charge is -2.05. The maximum Gasteiger partial charge on any atom is 0.534 e. The lowest BCUT2D eigenvalue weighted by atomic mass is 10.3. The molecule has 0 aliphatic rings. The Labute approximate surface area is 74.3 Å². The number of allylic oxidation sites excluding steroid dienone is 1. The lowest BCUT2D eigenvalue weighted by Crippen LogP contribution is -2.23. The smallest absolute Gasteiger partial charge is 0.384 e. The first-order valence-electron chi connectivity index (χ1n) is 3.46. The molecule has 0 aromatic rings. The molecule has 0 heterocycles. The van der Waals surface area contributed by atoms with Gasteiger partial charge in [0.25, 0.3) is 0 Å². The van der Waals surface area contributed by atoms with Crippen LogP contribution in [0, 0.1) is 0 Å². The monoisotopic (exact) mass is 218 g/mol. The molecule has 0 spiro atoms. The zero-order valence-corrected chi connectivity index (χ0v) is 7.65. The van der Waals surface area contributed by atoms with Crippen LogP contribution >= 0.6 is 0 Å². The Balaban J connectivity index is 4.22. The molecule has 7 heteroatoms. The Hall–Kier alpha value is -0.720. The second-order valence-electron chi connectivity index (χ2n) is 2.16. The summed E-state index contributed by atoms with van der Waals surface area (Å²) in [6.07, 6.45) is 2.91. The van der Waals surface area contributed by atoms with Crippen molar-refractivity contribution in [3.05, 3.63) is 12.3 Å². The molecule has 0 unspecified atom stereocenters. The zero-order chi connectivity index (χ0) is 10.5. The minimum atomic E-state index is -5.47. The third kappa shape index (κ3) is 4.16. The summed E-state index contributed by atoms with van der Waals surface area (Å²) in [7, 11) is -5.47. The molecule has 0 aliphatic carbocycles. The summed E-state index contributed by atoms with van der Waals surface area (Å²) >= 11 is 0. The topological polar surface area (TPSA) is 43.4 Å². The van der Waals surface area contributed by atoms with Crippen LogP contribution in [0.15, 0.2) is 12.3 Å². The van der Waals surface area contributed by atoms with Crippen molar-refractivity contribution in [3.63, 3.8) is 0 Å². The SMILES string of the molecule is CCCC=COS(=O)(=O)C(F)(F)F. The number of hydrogen-bond donors (Lipinski definition) is 0. The van der Waals surface area contributed by atoms with Crippen molar-refractivity contribution >= 4 is 10.1 Å². The minimum Gasteiger partial charge on any atom is -0.384 e. The second-order valence-corrected chi connectivity index (χ2v) is 3.72. The van der Waals surface area contributed by atoms with Gasteiger partial charge in [-0.05, 0) is 12.5 Å². The van der Waals surface area contributed by atoms with Gasteiger partial charge in [-0.1, -0.05) is 13.3 Å². The predicted molar refractivity (Wildman–Crippen MR) is 40.1 cm³/mol. The summed E-state index contributed by atoms with van der Waals surface area (Å²) in [6, 6.07) is 0. The van der Waals surface area contributed by atoms with Crippen molar-refractivity contribution in [2.24, 2.45) is 0 Å². The summed E-state index contributed by atoms with van der Waals surface area (Å²) in [5.41, 5.74) is -5.36. The fourth-order valence-corrected chi connectivity index (χ4v) is 0.736. The molecule has 13 heavy (non-hydrogen) atoms. The van der Waals surface area contributed by atoms with E-state index in [1.807, 2.05) is 0 Å². The van der Waals surface area contributed by atoms with Crippen molar-refractivity contribution in [3.8, 4) is 0 Å². The van der Waals surface area contributed by atoms with Crippen LogP contribution in [0.5, 0.6) is 0 Å². The van der Waals surface area contributed by atoms with Crippen LogP contribution in [-0.4, -0.2) is 13.9 Å². The van der Waals surface area contributed by atoms with Crippen molar-refractivity contribution in [1.29, 1.82) is 0 Å². The van der Waals surface area contributed by atoms with Gasteiger partial charge < -0.3 is 4.18 Å². The van der Waals surface area contributed by atoms with E-state index in [2.05, 4.69) is 4.18 Å². The number of halogens is 3. The molecule has 0 saturated carbocycles. The quantitative estimate of drug-likeness (QED) is 0.412. The predicted octanol–water partition coefficient (Wildman–Crippen LogP) is 2.17. The molecule has 0 aromatic heterocycles. The van der Waals surface area contributed by atoms with Crippen molar-refractivity contribution < 1.29 is 25.8 Å². The normalized spacial score (nSPS) is 13.5. The van der Waals surface area contributed by atoms with E-state index in [-0.39, 0.29) is 0 Å². The molecular formula is C6H9F3O3S. The van der Waals surface area contributed by atoms with Gasteiger partial charge >= 0.3 is 15.6 Å². The van der Waals surface area contributed by atoms with E-state index >= 15 is 0 Å². The van der Waals surface area contributed by atoms with Crippen LogP contribution < -0.4 is 0 Å². The first-order chi connectivity index (χ1) is 5.81. The maximum absolute atomic E-state index is 11.6. The molecule has 0 radical (unpaired) electrons. The average molecular weight is 218 g/mol. The molecule has 0 atom stereocenters. The van der Waals surface area contributed by atoms with Gasteiger partial charge in [-0.3, -0.25) is 0 Å². The van der Waals surface area contributed by atoms with Crippen LogP contribution in [0.4, 0.5) is 13.2 Å². The summed E-state index contributed by atoms with van der Waals surface area (Å²) in [4.78, 5) is 0. The Kier molecular flexibility index (Phi) is 4.25. The Bertz CT molecular complexity index is 265. The van der Waals surface area contributed by atoms with Crippen LogP contribution in [0.1, 0.15) is 19.8 Å². The first kappa shape index (κ1) is 12.3. The summed E-state index contributed by atoms with van der Waals surface area (Å²) in [5, 5.41) is 0. The Morgan fingerprint density at radius 1 is 1.38 bits per heavy atom. The third-order valence-corrected chi connectivity index (χ3v) is 1.95. The molecule has 78 valence electrons. The molecule has 0 N–H and O–H groups in total. The molecule has 0 rings (SSSR count). The summed E-state index contributed by atoms with van der Waals surface area (Å²) in [6.45, 7) is 1.79. The van der Waals surface area contributed by atoms with Gasteiger partial charge in [-0.25, -0.2) is 0 Å².